The van der Waals surface area contributed by atoms with Crippen molar-refractivity contribution in [2.24, 2.45) is 0 Å². The lowest BCUT2D eigenvalue weighted by molar-refractivity contribution is 0.590. The summed E-state index contributed by atoms with van der Waals surface area (Å²) in [5.41, 5.74) is 17.9. The van der Waals surface area contributed by atoms with Gasteiger partial charge in [-0.3, -0.25) is 0 Å². The Labute approximate surface area is 356 Å². The lowest BCUT2D eigenvalue weighted by Crippen LogP contribution is -2.37. The molecule has 0 bridgehead atoms. The fourth-order valence-corrected chi connectivity index (χ4v) is 10.2. The third kappa shape index (κ3) is 5.66. The summed E-state index contributed by atoms with van der Waals surface area (Å²) < 4.78 is 9.16. The number of benzene rings is 9. The van der Waals surface area contributed by atoms with Crippen LogP contribution in [0.5, 0.6) is 0 Å². The van der Waals surface area contributed by atoms with Crippen LogP contribution in [0.1, 0.15) is 48.9 Å². The molecule has 3 heterocycles. The van der Waals surface area contributed by atoms with E-state index in [2.05, 4.69) is 219 Å². The van der Waals surface area contributed by atoms with Gasteiger partial charge in [0.25, 0.3) is 0 Å². The van der Waals surface area contributed by atoms with Crippen molar-refractivity contribution >= 4 is 84.1 Å². The van der Waals surface area contributed by atoms with Crippen LogP contribution in [-0.2, 0) is 5.41 Å². The van der Waals surface area contributed by atoms with Crippen molar-refractivity contribution in [3.8, 4) is 16.8 Å². The van der Waals surface area contributed by atoms with Crippen LogP contribution in [0.25, 0.3) is 71.3 Å². The summed E-state index contributed by atoms with van der Waals surface area (Å²) in [5, 5.41) is 11.3. The predicted octanol–water partition coefficient (Wildman–Crippen LogP) is 13.4. The van der Waals surface area contributed by atoms with Crippen LogP contribution in [0.15, 0.2) is 192 Å². The van der Waals surface area contributed by atoms with Crippen LogP contribution in [-0.4, -0.2) is 11.8 Å². The molecule has 0 saturated carbocycles. The minimum Gasteiger partial charge on any atom is -0.456 e. The quantitative estimate of drug-likeness (QED) is 0.134. The van der Waals surface area contributed by atoms with Crippen molar-refractivity contribution < 1.29 is 4.42 Å². The molecule has 0 fully saturated rings. The van der Waals surface area contributed by atoms with Crippen LogP contribution in [0.3, 0.4) is 0 Å². The van der Waals surface area contributed by atoms with Gasteiger partial charge < -0.3 is 14.3 Å². The van der Waals surface area contributed by atoms with Gasteiger partial charge in [-0.1, -0.05) is 166 Å². The molecule has 1 aliphatic heterocycles. The molecule has 0 radical (unpaired) electrons. The molecule has 2 aromatic heterocycles. The van der Waals surface area contributed by atoms with Gasteiger partial charge in [0.15, 0.2) is 7.28 Å². The molecule has 3 nitrogen and oxygen atoms in total. The van der Waals surface area contributed by atoms with E-state index in [1.165, 1.54) is 82.6 Å². The minimum absolute atomic E-state index is 0.0278. The van der Waals surface area contributed by atoms with Gasteiger partial charge in [0.1, 0.15) is 11.2 Å². The maximum atomic E-state index is 6.57. The molecule has 0 amide bonds. The molecule has 1 N–H and O–H groups in total. The average Bonchev–Trinajstić information content (AvgIpc) is 3.84. The number of hydrogen-bond donors (Lipinski definition) is 1. The van der Waals surface area contributed by atoms with E-state index in [0.29, 0.717) is 0 Å². The van der Waals surface area contributed by atoms with Gasteiger partial charge in [-0.2, -0.15) is 0 Å². The first-order valence-electron chi connectivity index (χ1n) is 21.4. The SMILES string of the molecule is CC(C)(C)c1ccc(Nc2ccccc2-c2cc(C(c3ccccc3)c3ccccc3)c3c4c5ccccc5ccc4n4c3c2Bc2cc3oc5ccccc5c3cc2-4)cc1. The average molecular weight is 783 g/mol. The van der Waals surface area contributed by atoms with Gasteiger partial charge in [-0.15, -0.1) is 0 Å². The van der Waals surface area contributed by atoms with E-state index < -0.39 is 0 Å². The highest BCUT2D eigenvalue weighted by Crippen LogP contribution is 2.47. The maximum Gasteiger partial charge on any atom is 0.198 e. The Balaban J connectivity index is 1.22. The topological polar surface area (TPSA) is 30.1 Å². The van der Waals surface area contributed by atoms with E-state index in [-0.39, 0.29) is 11.3 Å². The predicted molar refractivity (Wildman–Crippen MR) is 260 cm³/mol. The van der Waals surface area contributed by atoms with Crippen LogP contribution >= 0.6 is 0 Å². The Hall–Kier alpha value is -7.30. The Kier molecular flexibility index (Phi) is 7.96. The molecular formula is C57H43BN2O. The molecule has 0 spiro atoms. The van der Waals surface area contributed by atoms with Crippen molar-refractivity contribution in [2.45, 2.75) is 32.1 Å². The second-order valence-corrected chi connectivity index (χ2v) is 17.7. The molecule has 61 heavy (non-hydrogen) atoms. The summed E-state index contributed by atoms with van der Waals surface area (Å²) in [7, 11) is 0.763. The van der Waals surface area contributed by atoms with Gasteiger partial charge >= 0.3 is 0 Å². The summed E-state index contributed by atoms with van der Waals surface area (Å²) >= 11 is 0. The summed E-state index contributed by atoms with van der Waals surface area (Å²) in [6.07, 6.45) is 0. The van der Waals surface area contributed by atoms with Gasteiger partial charge in [0.2, 0.25) is 0 Å². The van der Waals surface area contributed by atoms with E-state index in [0.717, 1.165) is 40.6 Å². The third-order valence-electron chi connectivity index (χ3n) is 13.1. The number of para-hydroxylation sites is 2. The number of fused-ring (bicyclic) bond motifs is 10. The number of nitrogens with zero attached hydrogens (tertiary/aromatic N) is 1. The fourth-order valence-electron chi connectivity index (χ4n) is 10.2. The zero-order valence-corrected chi connectivity index (χ0v) is 34.5. The number of hydrogen-bond acceptors (Lipinski definition) is 2. The van der Waals surface area contributed by atoms with E-state index in [4.69, 9.17) is 4.42 Å². The van der Waals surface area contributed by atoms with Crippen molar-refractivity contribution in [3.63, 3.8) is 0 Å². The first-order valence-corrected chi connectivity index (χ1v) is 21.4. The van der Waals surface area contributed by atoms with Gasteiger partial charge in [0.05, 0.1) is 5.52 Å². The summed E-state index contributed by atoms with van der Waals surface area (Å²) in [4.78, 5) is 0. The molecule has 0 saturated heterocycles. The lowest BCUT2D eigenvalue weighted by Gasteiger charge is -2.27. The van der Waals surface area contributed by atoms with E-state index >= 15 is 0 Å². The van der Waals surface area contributed by atoms with Crippen molar-refractivity contribution in [3.05, 3.63) is 210 Å². The molecule has 9 aromatic carbocycles. The molecule has 1 aliphatic rings. The Morgan fingerprint density at radius 2 is 1.23 bits per heavy atom. The second kappa shape index (κ2) is 13.6. The number of furan rings is 1. The standard InChI is InChI=1S/C57H43BN2O/c1-57(2,3)38-27-29-39(30-28-38)59-47-24-14-12-22-41(47)44-32-45(52(36-17-6-4-7-18-36)37-19-8-5-9-20-37)54-53-40-21-11-10-16-35(40)26-31-48(53)60-49-33-43-42-23-13-15-25-50(42)61-51(43)34-46(49)58-55(44)56(54)60/h4-34,52,58-59H,1-3H3. The van der Waals surface area contributed by atoms with Crippen molar-refractivity contribution in [1.29, 1.82) is 0 Å². The number of aromatic nitrogens is 1. The highest BCUT2D eigenvalue weighted by Gasteiger charge is 2.32. The fraction of sp³-hybridized carbons (Fsp3) is 0.0877. The van der Waals surface area contributed by atoms with E-state index in [9.17, 15) is 0 Å². The normalized spacial score (nSPS) is 12.5. The molecule has 12 rings (SSSR count). The largest absolute Gasteiger partial charge is 0.456 e. The highest BCUT2D eigenvalue weighted by atomic mass is 16.3. The van der Waals surface area contributed by atoms with E-state index in [1.807, 2.05) is 0 Å². The first kappa shape index (κ1) is 35.6. The number of rotatable bonds is 6. The van der Waals surface area contributed by atoms with Crippen molar-refractivity contribution in [2.75, 3.05) is 5.32 Å². The number of nitrogens with one attached hydrogen (secondary N) is 1. The first-order chi connectivity index (χ1) is 29.9. The van der Waals surface area contributed by atoms with Gasteiger partial charge in [-0.05, 0) is 98.0 Å². The van der Waals surface area contributed by atoms with Gasteiger partial charge in [-0.25, -0.2) is 0 Å². The Morgan fingerprint density at radius 3 is 1.98 bits per heavy atom. The Morgan fingerprint density at radius 1 is 0.557 bits per heavy atom. The van der Waals surface area contributed by atoms with Gasteiger partial charge in [0, 0.05) is 55.6 Å². The zero-order chi connectivity index (χ0) is 40.8. The highest BCUT2D eigenvalue weighted by molar-refractivity contribution is 6.74. The molecule has 0 unspecified atom stereocenters. The summed E-state index contributed by atoms with van der Waals surface area (Å²) in [6.45, 7) is 6.80. The summed E-state index contributed by atoms with van der Waals surface area (Å²) in [6, 6.07) is 69.2. The van der Waals surface area contributed by atoms with Crippen LogP contribution in [0.2, 0.25) is 0 Å². The second-order valence-electron chi connectivity index (χ2n) is 17.7. The van der Waals surface area contributed by atoms with E-state index in [1.54, 1.807) is 0 Å². The smallest absolute Gasteiger partial charge is 0.198 e. The summed E-state index contributed by atoms with van der Waals surface area (Å²) in [5.74, 6) is -0.0278. The molecule has 0 atom stereocenters. The van der Waals surface area contributed by atoms with Crippen molar-refractivity contribution in [1.82, 2.24) is 4.57 Å². The molecule has 0 aliphatic carbocycles. The van der Waals surface area contributed by atoms with Crippen LogP contribution < -0.4 is 16.2 Å². The number of anilines is 2. The third-order valence-corrected chi connectivity index (χ3v) is 13.1. The maximum absolute atomic E-state index is 6.57. The lowest BCUT2D eigenvalue weighted by atomic mass is 9.58. The minimum atomic E-state index is -0.0278. The molecule has 290 valence electrons. The Bertz CT molecular complexity index is 3460. The molecule has 11 aromatic rings. The monoisotopic (exact) mass is 782 g/mol. The van der Waals surface area contributed by atoms with Crippen LogP contribution in [0, 0.1) is 0 Å². The zero-order valence-electron chi connectivity index (χ0n) is 34.5. The molecule has 4 heteroatoms. The van der Waals surface area contributed by atoms with Crippen LogP contribution in [0.4, 0.5) is 11.4 Å². The molecular weight excluding hydrogens is 739 g/mol.